The summed E-state index contributed by atoms with van der Waals surface area (Å²) in [6, 6.07) is 11.8. The molecule has 0 spiro atoms. The highest BCUT2D eigenvalue weighted by atomic mass is 32.2. The van der Waals surface area contributed by atoms with E-state index in [2.05, 4.69) is 10.9 Å². The van der Waals surface area contributed by atoms with E-state index in [0.717, 1.165) is 0 Å². The van der Waals surface area contributed by atoms with E-state index in [1.165, 1.54) is 36.0 Å². The molecule has 3 N–H and O–H groups in total. The van der Waals surface area contributed by atoms with Gasteiger partial charge >= 0.3 is 0 Å². The number of hydrazine groups is 1. The van der Waals surface area contributed by atoms with E-state index in [1.54, 1.807) is 31.2 Å². The minimum Gasteiger partial charge on any atom is -0.507 e. The van der Waals surface area contributed by atoms with E-state index in [4.69, 9.17) is 0 Å². The number of thioether (sulfide) groups is 1. The molecule has 0 fully saturated rings. The van der Waals surface area contributed by atoms with Gasteiger partial charge in [-0.3, -0.25) is 30.6 Å². The summed E-state index contributed by atoms with van der Waals surface area (Å²) >= 11 is 1.19. The zero-order chi connectivity index (χ0) is 18.4. The maximum atomic E-state index is 12.0. The molecule has 0 bridgehead atoms. The molecule has 9 heteroatoms. The van der Waals surface area contributed by atoms with Crippen LogP contribution < -0.4 is 10.9 Å². The fraction of sp³-hybridized carbons (Fsp3) is 0.125. The van der Waals surface area contributed by atoms with Crippen molar-refractivity contribution in [3.05, 3.63) is 64.2 Å². The number of phenols is 1. The van der Waals surface area contributed by atoms with Crippen molar-refractivity contribution in [2.24, 2.45) is 0 Å². The Kier molecular flexibility index (Phi) is 5.96. The van der Waals surface area contributed by atoms with E-state index in [0.29, 0.717) is 4.90 Å². The lowest BCUT2D eigenvalue weighted by Crippen LogP contribution is -2.44. The smallest absolute Gasteiger partial charge is 0.273 e. The minimum absolute atomic E-state index is 0.0311. The lowest BCUT2D eigenvalue weighted by Gasteiger charge is -2.13. The molecule has 0 aliphatic heterocycles. The molecule has 2 aromatic carbocycles. The first-order valence-electron chi connectivity index (χ1n) is 7.18. The van der Waals surface area contributed by atoms with Crippen LogP contribution in [0.3, 0.4) is 0 Å². The number of benzene rings is 2. The number of carbonyl (C=O) groups excluding carboxylic acids is 2. The quantitative estimate of drug-likeness (QED) is 0.426. The summed E-state index contributed by atoms with van der Waals surface area (Å²) in [4.78, 5) is 34.7. The van der Waals surface area contributed by atoms with Crippen molar-refractivity contribution in [1.29, 1.82) is 0 Å². The van der Waals surface area contributed by atoms with E-state index < -0.39 is 22.0 Å². The van der Waals surface area contributed by atoms with Crippen LogP contribution in [0.15, 0.2) is 53.4 Å². The van der Waals surface area contributed by atoms with Crippen LogP contribution in [0.4, 0.5) is 5.69 Å². The fourth-order valence-corrected chi connectivity index (χ4v) is 2.72. The van der Waals surface area contributed by atoms with Crippen LogP contribution >= 0.6 is 11.8 Å². The Hall–Kier alpha value is -3.07. The van der Waals surface area contributed by atoms with Gasteiger partial charge in [-0.05, 0) is 31.2 Å². The molecule has 0 aliphatic carbocycles. The number of hydrogen-bond acceptors (Lipinski definition) is 6. The molecular formula is C16H15N3O5S. The van der Waals surface area contributed by atoms with Crippen molar-refractivity contribution >= 4 is 29.3 Å². The maximum Gasteiger partial charge on any atom is 0.273 e. The molecule has 0 radical (unpaired) electrons. The van der Waals surface area contributed by atoms with Gasteiger partial charge < -0.3 is 5.11 Å². The number of nitro groups is 1. The van der Waals surface area contributed by atoms with E-state index in [-0.39, 0.29) is 17.0 Å². The number of non-ortho nitro benzene ring substituents is 1. The predicted molar refractivity (Wildman–Crippen MR) is 92.1 cm³/mol. The first-order chi connectivity index (χ1) is 11.9. The summed E-state index contributed by atoms with van der Waals surface area (Å²) in [6.45, 7) is 1.63. The molecule has 0 saturated carbocycles. The van der Waals surface area contributed by atoms with Crippen LogP contribution in [-0.4, -0.2) is 27.1 Å². The number of nitrogens with zero attached hydrogens (tertiary/aromatic N) is 1. The highest BCUT2D eigenvalue weighted by molar-refractivity contribution is 8.00. The van der Waals surface area contributed by atoms with Crippen molar-refractivity contribution < 1.29 is 19.6 Å². The van der Waals surface area contributed by atoms with Crippen molar-refractivity contribution in [2.75, 3.05) is 0 Å². The second kappa shape index (κ2) is 8.15. The second-order valence-electron chi connectivity index (χ2n) is 4.97. The molecule has 1 unspecified atom stereocenters. The molecular weight excluding hydrogens is 346 g/mol. The van der Waals surface area contributed by atoms with Gasteiger partial charge in [0.2, 0.25) is 0 Å². The number of aromatic hydroxyl groups is 1. The van der Waals surface area contributed by atoms with Gasteiger partial charge in [0.15, 0.2) is 0 Å². The van der Waals surface area contributed by atoms with Crippen molar-refractivity contribution in [3.8, 4) is 5.75 Å². The van der Waals surface area contributed by atoms with Crippen LogP contribution in [0.5, 0.6) is 5.75 Å². The van der Waals surface area contributed by atoms with Gasteiger partial charge in [-0.25, -0.2) is 0 Å². The van der Waals surface area contributed by atoms with Gasteiger partial charge in [-0.2, -0.15) is 0 Å². The summed E-state index contributed by atoms with van der Waals surface area (Å²) in [6.07, 6.45) is 0. The first-order valence-corrected chi connectivity index (χ1v) is 8.05. The maximum absolute atomic E-state index is 12.0. The van der Waals surface area contributed by atoms with Gasteiger partial charge in [-0.15, -0.1) is 11.8 Å². The average molecular weight is 361 g/mol. The Labute approximate surface area is 147 Å². The Bertz CT molecular complexity index is 795. The molecule has 2 rings (SSSR count). The second-order valence-corrected chi connectivity index (χ2v) is 6.39. The molecule has 0 saturated heterocycles. The van der Waals surface area contributed by atoms with Crippen molar-refractivity contribution in [2.45, 2.75) is 17.1 Å². The Morgan fingerprint density at radius 1 is 1.12 bits per heavy atom. The third kappa shape index (κ3) is 4.95. The third-order valence-corrected chi connectivity index (χ3v) is 4.29. The standard InChI is InChI=1S/C16H15N3O5S/c1-10(25-12-8-6-11(7-9-12)19(23)24)15(21)17-18-16(22)13-4-2-3-5-14(13)20/h2-10,20H,1H3,(H,17,21)(H,18,22). The summed E-state index contributed by atoms with van der Waals surface area (Å²) in [7, 11) is 0. The molecule has 0 heterocycles. The van der Waals surface area contributed by atoms with Crippen LogP contribution in [0, 0.1) is 10.1 Å². The topological polar surface area (TPSA) is 122 Å². The number of para-hydroxylation sites is 1. The summed E-state index contributed by atoms with van der Waals surface area (Å²) in [5, 5.41) is 19.6. The molecule has 2 aromatic rings. The first kappa shape index (κ1) is 18.3. The molecule has 8 nitrogen and oxygen atoms in total. The molecule has 0 aliphatic rings. The minimum atomic E-state index is -0.640. The lowest BCUT2D eigenvalue weighted by atomic mass is 10.2. The SMILES string of the molecule is CC(Sc1ccc([N+](=O)[O-])cc1)C(=O)NNC(=O)c1ccccc1O. The molecule has 0 aromatic heterocycles. The zero-order valence-electron chi connectivity index (χ0n) is 13.1. The van der Waals surface area contributed by atoms with Gasteiger partial charge in [0, 0.05) is 17.0 Å². The van der Waals surface area contributed by atoms with E-state index in [9.17, 15) is 24.8 Å². The van der Waals surface area contributed by atoms with Gasteiger partial charge in [-0.1, -0.05) is 12.1 Å². The summed E-state index contributed by atoms with van der Waals surface area (Å²) < 4.78 is 0. The Morgan fingerprint density at radius 2 is 1.76 bits per heavy atom. The number of nitrogens with one attached hydrogen (secondary N) is 2. The number of rotatable bonds is 5. The van der Waals surface area contributed by atoms with E-state index in [1.807, 2.05) is 0 Å². The largest absolute Gasteiger partial charge is 0.507 e. The number of carbonyl (C=O) groups is 2. The Balaban J connectivity index is 1.89. The number of amides is 2. The van der Waals surface area contributed by atoms with Crippen LogP contribution in [-0.2, 0) is 4.79 Å². The zero-order valence-corrected chi connectivity index (χ0v) is 13.9. The van der Waals surface area contributed by atoms with Crippen molar-refractivity contribution in [1.82, 2.24) is 10.9 Å². The van der Waals surface area contributed by atoms with Crippen LogP contribution in [0.1, 0.15) is 17.3 Å². The summed E-state index contributed by atoms with van der Waals surface area (Å²) in [5.74, 6) is -1.28. The van der Waals surface area contributed by atoms with Gasteiger partial charge in [0.05, 0.1) is 15.7 Å². The molecule has 25 heavy (non-hydrogen) atoms. The van der Waals surface area contributed by atoms with E-state index >= 15 is 0 Å². The lowest BCUT2D eigenvalue weighted by molar-refractivity contribution is -0.384. The number of hydrogen-bond donors (Lipinski definition) is 3. The molecule has 1 atom stereocenters. The van der Waals surface area contributed by atoms with Crippen LogP contribution in [0.25, 0.3) is 0 Å². The monoisotopic (exact) mass is 361 g/mol. The number of phenolic OH excluding ortho intramolecular Hbond substituents is 1. The summed E-state index contributed by atoms with van der Waals surface area (Å²) in [5.41, 5.74) is 4.52. The van der Waals surface area contributed by atoms with Crippen molar-refractivity contribution in [3.63, 3.8) is 0 Å². The number of nitro benzene ring substituents is 1. The third-order valence-electron chi connectivity index (χ3n) is 3.18. The highest BCUT2D eigenvalue weighted by Crippen LogP contribution is 2.25. The fourth-order valence-electron chi connectivity index (χ4n) is 1.86. The normalized spacial score (nSPS) is 11.4. The van der Waals surface area contributed by atoms with Gasteiger partial charge in [0.1, 0.15) is 5.75 Å². The Morgan fingerprint density at radius 3 is 2.36 bits per heavy atom. The van der Waals surface area contributed by atoms with Crippen LogP contribution in [0.2, 0.25) is 0 Å². The average Bonchev–Trinajstić information content (AvgIpc) is 2.60. The highest BCUT2D eigenvalue weighted by Gasteiger charge is 2.17. The molecule has 2 amide bonds. The predicted octanol–water partition coefficient (Wildman–Crippen LogP) is 2.24. The molecule has 130 valence electrons. The van der Waals surface area contributed by atoms with Gasteiger partial charge in [0.25, 0.3) is 17.5 Å².